The maximum absolute atomic E-state index is 14.0. The average molecular weight is 530 g/mol. The number of benzene rings is 2. The number of hydrogen-bond acceptors (Lipinski definition) is 6. The number of halogens is 1. The van der Waals surface area contributed by atoms with Crippen LogP contribution < -0.4 is 21.4 Å². The van der Waals surface area contributed by atoms with E-state index in [1.54, 1.807) is 30.5 Å². The Kier molecular flexibility index (Phi) is 6.23. The number of aryl methyl sites for hydroxylation is 1. The fourth-order valence-electron chi connectivity index (χ4n) is 5.85. The number of aromatic nitrogens is 1. The van der Waals surface area contributed by atoms with E-state index in [0.29, 0.717) is 5.69 Å². The summed E-state index contributed by atoms with van der Waals surface area (Å²) in [6.07, 6.45) is 4.88. The van der Waals surface area contributed by atoms with Crippen molar-refractivity contribution in [3.8, 4) is 11.1 Å². The highest BCUT2D eigenvalue weighted by Crippen LogP contribution is 2.53. The van der Waals surface area contributed by atoms with Gasteiger partial charge in [0.05, 0.1) is 5.69 Å². The normalized spacial score (nSPS) is 19.6. The van der Waals surface area contributed by atoms with Crippen molar-refractivity contribution in [3.63, 3.8) is 0 Å². The van der Waals surface area contributed by atoms with Gasteiger partial charge in [-0.2, -0.15) is 5.01 Å². The summed E-state index contributed by atoms with van der Waals surface area (Å²) in [7, 11) is 1.92. The molecule has 3 amide bonds. The second-order valence-corrected chi connectivity index (χ2v) is 10.6. The first-order valence-electron chi connectivity index (χ1n) is 13.3. The molecule has 1 aliphatic carbocycles. The Balaban J connectivity index is 1.21. The van der Waals surface area contributed by atoms with E-state index in [1.165, 1.54) is 6.07 Å². The number of fused-ring (bicyclic) bond motifs is 1. The third-order valence-electron chi connectivity index (χ3n) is 7.94. The van der Waals surface area contributed by atoms with E-state index in [4.69, 9.17) is 5.73 Å². The third kappa shape index (κ3) is 4.39. The molecule has 0 spiro atoms. The first-order chi connectivity index (χ1) is 18.8. The summed E-state index contributed by atoms with van der Waals surface area (Å²) in [5, 5.41) is 9.25. The number of hydrogen-bond donors (Lipinski definition) is 3. The Morgan fingerprint density at radius 3 is 2.46 bits per heavy atom. The monoisotopic (exact) mass is 529 g/mol. The van der Waals surface area contributed by atoms with Gasteiger partial charge in [-0.15, -0.1) is 0 Å². The van der Waals surface area contributed by atoms with Gasteiger partial charge >= 0.3 is 6.03 Å². The van der Waals surface area contributed by atoms with Crippen molar-refractivity contribution < 1.29 is 14.0 Å². The Morgan fingerprint density at radius 1 is 1.05 bits per heavy atom. The van der Waals surface area contributed by atoms with Crippen LogP contribution in [0, 0.1) is 12.7 Å². The minimum absolute atomic E-state index is 0.121. The maximum Gasteiger partial charge on any atom is 0.323 e. The first-order valence-corrected chi connectivity index (χ1v) is 13.3. The summed E-state index contributed by atoms with van der Waals surface area (Å²) >= 11 is 0. The molecule has 39 heavy (non-hydrogen) atoms. The number of nitrogens with zero attached hydrogens (tertiary/aromatic N) is 4. The first kappa shape index (κ1) is 25.3. The van der Waals surface area contributed by atoms with Crippen LogP contribution in [0.15, 0.2) is 54.7 Å². The van der Waals surface area contributed by atoms with Gasteiger partial charge in [-0.3, -0.25) is 9.80 Å². The molecule has 0 bridgehead atoms. The fourth-order valence-corrected chi connectivity index (χ4v) is 5.85. The van der Waals surface area contributed by atoms with Crippen LogP contribution in [0.2, 0.25) is 0 Å². The molecule has 0 radical (unpaired) electrons. The molecule has 10 heteroatoms. The Morgan fingerprint density at radius 2 is 1.77 bits per heavy atom. The molecular weight excluding hydrogens is 497 g/mol. The van der Waals surface area contributed by atoms with Crippen LogP contribution >= 0.6 is 0 Å². The Labute approximate surface area is 226 Å². The summed E-state index contributed by atoms with van der Waals surface area (Å²) < 4.78 is 14.0. The molecule has 1 atom stereocenters. The van der Waals surface area contributed by atoms with Crippen LogP contribution in [0.5, 0.6) is 0 Å². The van der Waals surface area contributed by atoms with Crippen molar-refractivity contribution in [2.24, 2.45) is 5.73 Å². The summed E-state index contributed by atoms with van der Waals surface area (Å²) in [6, 6.07) is 13.3. The van der Waals surface area contributed by atoms with Gasteiger partial charge in [-0.1, -0.05) is 18.2 Å². The van der Waals surface area contributed by atoms with Gasteiger partial charge in [-0.05, 0) is 79.6 Å². The number of likely N-dealkylation sites (tertiary alicyclic amines) is 1. The lowest BCUT2D eigenvalue weighted by atomic mass is 9.99. The molecule has 9 nitrogen and oxygen atoms in total. The van der Waals surface area contributed by atoms with E-state index >= 15 is 0 Å². The summed E-state index contributed by atoms with van der Waals surface area (Å²) in [5.74, 6) is 0.404. The number of nitrogens with two attached hydrogens (primary N) is 1. The molecule has 1 unspecified atom stereocenters. The number of hydrazine groups is 1. The summed E-state index contributed by atoms with van der Waals surface area (Å²) in [6.45, 7) is 3.44. The predicted octanol–water partition coefficient (Wildman–Crippen LogP) is 4.62. The van der Waals surface area contributed by atoms with E-state index < -0.39 is 23.6 Å². The third-order valence-corrected chi connectivity index (χ3v) is 7.94. The molecule has 3 aliphatic rings. The molecule has 6 rings (SSSR count). The van der Waals surface area contributed by atoms with Crippen molar-refractivity contribution in [2.45, 2.75) is 44.3 Å². The smallest absolute Gasteiger partial charge is 0.323 e. The summed E-state index contributed by atoms with van der Waals surface area (Å²) in [5.41, 5.74) is 10.5. The van der Waals surface area contributed by atoms with Crippen LogP contribution in [0.1, 0.15) is 43.0 Å². The van der Waals surface area contributed by atoms with Crippen molar-refractivity contribution in [2.75, 3.05) is 35.8 Å². The molecule has 1 aromatic heterocycles. The van der Waals surface area contributed by atoms with Gasteiger partial charge < -0.3 is 21.3 Å². The standard InChI is InChI=1S/C29H32FN7O2/c1-18-5-10-22(30)23(17-18)34-28(39)33-20-8-6-19(7-9-20)21-11-14-32-26-24(21)25(31)37(35(26)2)29(12-13-29)27(38)36-15-3-4-16-36/h5-11,14,17,25H,3-4,12-13,15-16,31H2,1-2H3,(H2,33,34,39). The average Bonchev–Trinajstić information content (AvgIpc) is 3.42. The van der Waals surface area contributed by atoms with Gasteiger partial charge in [0, 0.05) is 37.6 Å². The number of anilines is 3. The van der Waals surface area contributed by atoms with E-state index in [9.17, 15) is 14.0 Å². The Hall–Kier alpha value is -4.02. The second kappa shape index (κ2) is 9.62. The van der Waals surface area contributed by atoms with Gasteiger partial charge in [-0.25, -0.2) is 14.2 Å². The number of amides is 3. The molecule has 1 saturated heterocycles. The SMILES string of the molecule is Cc1ccc(F)c(NC(=O)Nc2ccc(-c3ccnc4c3C(N)N(C3(C(=O)N5CCCC5)CC3)N4C)cc2)c1. The van der Waals surface area contributed by atoms with E-state index in [0.717, 1.165) is 66.8 Å². The zero-order valence-corrected chi connectivity index (χ0v) is 22.1. The highest BCUT2D eigenvalue weighted by molar-refractivity contribution is 6.00. The molecule has 3 aromatic rings. The number of nitrogens with one attached hydrogen (secondary N) is 2. The highest BCUT2D eigenvalue weighted by atomic mass is 19.1. The quantitative estimate of drug-likeness (QED) is 0.445. The van der Waals surface area contributed by atoms with Crippen LogP contribution in [-0.4, -0.2) is 52.5 Å². The fraction of sp³-hybridized carbons (Fsp3) is 0.345. The molecule has 202 valence electrons. The molecule has 1 saturated carbocycles. The number of urea groups is 1. The lowest BCUT2D eigenvalue weighted by molar-refractivity contribution is -0.139. The van der Waals surface area contributed by atoms with E-state index in [2.05, 4.69) is 15.6 Å². The van der Waals surface area contributed by atoms with Crippen LogP contribution in [-0.2, 0) is 4.79 Å². The largest absolute Gasteiger partial charge is 0.341 e. The molecule has 2 aliphatic heterocycles. The van der Waals surface area contributed by atoms with E-state index in [1.807, 2.05) is 47.1 Å². The second-order valence-electron chi connectivity index (χ2n) is 10.6. The van der Waals surface area contributed by atoms with Crippen molar-refractivity contribution in [1.29, 1.82) is 0 Å². The molecule has 4 N–H and O–H groups in total. The minimum Gasteiger partial charge on any atom is -0.341 e. The van der Waals surface area contributed by atoms with Gasteiger partial charge in [0.2, 0.25) is 5.91 Å². The lowest BCUT2D eigenvalue weighted by Crippen LogP contribution is -2.56. The van der Waals surface area contributed by atoms with Crippen molar-refractivity contribution in [3.05, 3.63) is 71.7 Å². The summed E-state index contributed by atoms with van der Waals surface area (Å²) in [4.78, 5) is 32.6. The molecular formula is C29H32FN7O2. The number of pyridine rings is 1. The number of carbonyl (C=O) groups excluding carboxylic acids is 2. The maximum atomic E-state index is 14.0. The topological polar surface area (TPSA) is 107 Å². The lowest BCUT2D eigenvalue weighted by Gasteiger charge is -2.37. The van der Waals surface area contributed by atoms with Crippen LogP contribution in [0.4, 0.5) is 26.4 Å². The zero-order chi connectivity index (χ0) is 27.3. The predicted molar refractivity (Wildman–Crippen MR) is 148 cm³/mol. The van der Waals surface area contributed by atoms with Crippen molar-refractivity contribution >= 4 is 29.1 Å². The van der Waals surface area contributed by atoms with Gasteiger partial charge in [0.25, 0.3) is 0 Å². The van der Waals surface area contributed by atoms with Gasteiger partial charge in [0.15, 0.2) is 0 Å². The van der Waals surface area contributed by atoms with E-state index in [-0.39, 0.29) is 11.6 Å². The molecule has 2 fully saturated rings. The van der Waals surface area contributed by atoms with Crippen LogP contribution in [0.3, 0.4) is 0 Å². The highest BCUT2D eigenvalue weighted by Gasteiger charge is 2.62. The number of carbonyl (C=O) groups is 2. The number of rotatable bonds is 5. The molecule has 3 heterocycles. The molecule has 2 aromatic carbocycles. The Bertz CT molecular complexity index is 1430. The van der Waals surface area contributed by atoms with Gasteiger partial charge in [0.1, 0.15) is 23.3 Å². The van der Waals surface area contributed by atoms with Crippen molar-refractivity contribution in [1.82, 2.24) is 14.9 Å². The zero-order valence-electron chi connectivity index (χ0n) is 22.1. The minimum atomic E-state index is -0.617. The van der Waals surface area contributed by atoms with Crippen LogP contribution in [0.25, 0.3) is 11.1 Å².